The van der Waals surface area contributed by atoms with Crippen molar-refractivity contribution >= 4 is 11.7 Å². The van der Waals surface area contributed by atoms with Crippen molar-refractivity contribution in [3.8, 4) is 0 Å². The number of alkyl halides is 3. The largest absolute Gasteiger partial charge is 0.511 e. The molecule has 7 heteroatoms. The monoisotopic (exact) mass is 253 g/mol. The third-order valence-corrected chi connectivity index (χ3v) is 1.79. The van der Waals surface area contributed by atoms with Crippen LogP contribution in [-0.4, -0.2) is 29.6 Å². The Balaban J connectivity index is 5.34. The number of halogens is 3. The Labute approximate surface area is 96.6 Å². The summed E-state index contributed by atoms with van der Waals surface area (Å²) < 4.78 is 41.4. The number of aliphatic hydroxyl groups excluding tert-OH is 1. The third-order valence-electron chi connectivity index (χ3n) is 1.79. The van der Waals surface area contributed by atoms with Crippen LogP contribution < -0.4 is 0 Å². The number of nitrogens with one attached hydrogen (secondary N) is 1. The predicted octanol–water partition coefficient (Wildman–Crippen LogP) is 2.74. The zero-order chi connectivity index (χ0) is 13.6. The van der Waals surface area contributed by atoms with Crippen LogP contribution in [0.1, 0.15) is 26.7 Å². The van der Waals surface area contributed by atoms with Crippen molar-refractivity contribution in [2.75, 3.05) is 6.61 Å². The number of aliphatic hydroxyl groups is 1. The van der Waals surface area contributed by atoms with Gasteiger partial charge in [-0.25, -0.2) is 4.79 Å². The fraction of sp³-hybridized carbons (Fsp3) is 0.600. The van der Waals surface area contributed by atoms with Gasteiger partial charge in [0.2, 0.25) is 0 Å². The first kappa shape index (κ1) is 15.5. The first-order valence-electron chi connectivity index (χ1n) is 5.01. The van der Waals surface area contributed by atoms with Gasteiger partial charge in [-0.2, -0.15) is 13.2 Å². The highest BCUT2D eigenvalue weighted by atomic mass is 19.4. The second kappa shape index (κ2) is 6.27. The van der Waals surface area contributed by atoms with Crippen molar-refractivity contribution in [1.29, 1.82) is 5.41 Å². The van der Waals surface area contributed by atoms with E-state index in [2.05, 4.69) is 4.74 Å². The van der Waals surface area contributed by atoms with Crippen LogP contribution in [0.25, 0.3) is 0 Å². The Kier molecular flexibility index (Phi) is 5.70. The topological polar surface area (TPSA) is 70.4 Å². The van der Waals surface area contributed by atoms with E-state index in [9.17, 15) is 23.1 Å². The van der Waals surface area contributed by atoms with Crippen LogP contribution in [0.2, 0.25) is 0 Å². The molecule has 17 heavy (non-hydrogen) atoms. The van der Waals surface area contributed by atoms with E-state index in [0.717, 1.165) is 0 Å². The molecule has 0 aromatic rings. The van der Waals surface area contributed by atoms with E-state index >= 15 is 0 Å². The first-order chi connectivity index (χ1) is 7.75. The van der Waals surface area contributed by atoms with E-state index < -0.39 is 29.2 Å². The van der Waals surface area contributed by atoms with Gasteiger partial charge in [0, 0.05) is 6.42 Å². The van der Waals surface area contributed by atoms with Gasteiger partial charge < -0.3 is 9.84 Å². The molecular formula is C10H14F3NO3. The lowest BCUT2D eigenvalue weighted by Crippen LogP contribution is -2.30. The molecule has 0 aromatic carbocycles. The molecule has 0 saturated heterocycles. The van der Waals surface area contributed by atoms with Crippen molar-refractivity contribution in [2.24, 2.45) is 0 Å². The fourth-order valence-electron chi connectivity index (χ4n) is 1.07. The highest BCUT2D eigenvalue weighted by molar-refractivity contribution is 6.21. The molecule has 0 aliphatic heterocycles. The summed E-state index contributed by atoms with van der Waals surface area (Å²) in [6.07, 6.45) is -4.77. The lowest BCUT2D eigenvalue weighted by molar-refractivity contribution is -0.138. The normalized spacial score (nSPS) is 13.0. The second-order valence-corrected chi connectivity index (χ2v) is 3.16. The van der Waals surface area contributed by atoms with Crippen LogP contribution >= 0.6 is 0 Å². The maximum Gasteiger partial charge on any atom is 0.433 e. The second-order valence-electron chi connectivity index (χ2n) is 3.16. The predicted molar refractivity (Wildman–Crippen MR) is 55.0 cm³/mol. The molecule has 0 atom stereocenters. The molecule has 0 unspecified atom stereocenters. The number of hydrogen-bond acceptors (Lipinski definition) is 4. The molecule has 0 heterocycles. The van der Waals surface area contributed by atoms with Gasteiger partial charge in [-0.15, -0.1) is 0 Å². The zero-order valence-electron chi connectivity index (χ0n) is 9.52. The van der Waals surface area contributed by atoms with E-state index in [1.807, 2.05) is 0 Å². The standard InChI is InChI=1S/C10H14F3NO3/c1-3-5-6(15)7(9(16)17-4-2)8(14)10(11,12)13/h14-15H,3-5H2,1-2H3/b7-6+,14-8?. The number of carbonyl (C=O) groups excluding carboxylic acids is 1. The van der Waals surface area contributed by atoms with E-state index in [4.69, 9.17) is 5.41 Å². The van der Waals surface area contributed by atoms with Gasteiger partial charge >= 0.3 is 12.1 Å². The average molecular weight is 253 g/mol. The summed E-state index contributed by atoms with van der Waals surface area (Å²) in [7, 11) is 0. The van der Waals surface area contributed by atoms with E-state index in [1.165, 1.54) is 6.92 Å². The maximum atomic E-state index is 12.3. The first-order valence-corrected chi connectivity index (χ1v) is 5.01. The van der Waals surface area contributed by atoms with Gasteiger partial charge in [0.1, 0.15) is 11.3 Å². The van der Waals surface area contributed by atoms with Crippen LogP contribution in [0.3, 0.4) is 0 Å². The molecule has 0 amide bonds. The van der Waals surface area contributed by atoms with Crippen molar-refractivity contribution < 1.29 is 27.8 Å². The van der Waals surface area contributed by atoms with Crippen LogP contribution in [0, 0.1) is 5.41 Å². The quantitative estimate of drug-likeness (QED) is 0.342. The van der Waals surface area contributed by atoms with Gasteiger partial charge in [-0.1, -0.05) is 6.92 Å². The SMILES string of the molecule is CCC/C(O)=C(/C(=N)C(F)(F)F)C(=O)OCC. The number of allylic oxidation sites excluding steroid dienone is 1. The molecule has 0 saturated carbocycles. The van der Waals surface area contributed by atoms with Crippen LogP contribution in [0.5, 0.6) is 0 Å². The Morgan fingerprint density at radius 1 is 1.35 bits per heavy atom. The highest BCUT2D eigenvalue weighted by Crippen LogP contribution is 2.24. The van der Waals surface area contributed by atoms with E-state index in [1.54, 1.807) is 6.92 Å². The van der Waals surface area contributed by atoms with Crippen molar-refractivity contribution in [3.63, 3.8) is 0 Å². The minimum atomic E-state index is -5.00. The number of ether oxygens (including phenoxy) is 1. The van der Waals surface area contributed by atoms with E-state index in [0.29, 0.717) is 6.42 Å². The number of carbonyl (C=O) groups is 1. The van der Waals surface area contributed by atoms with Crippen molar-refractivity contribution in [1.82, 2.24) is 0 Å². The molecule has 0 aromatic heterocycles. The minimum absolute atomic E-state index is 0.118. The Morgan fingerprint density at radius 2 is 1.88 bits per heavy atom. The van der Waals surface area contributed by atoms with Crippen molar-refractivity contribution in [3.05, 3.63) is 11.3 Å². The molecule has 98 valence electrons. The minimum Gasteiger partial charge on any atom is -0.511 e. The summed E-state index contributed by atoms with van der Waals surface area (Å²) in [6.45, 7) is 2.91. The van der Waals surface area contributed by atoms with Crippen molar-refractivity contribution in [2.45, 2.75) is 32.9 Å². The summed E-state index contributed by atoms with van der Waals surface area (Å²) in [4.78, 5) is 11.3. The average Bonchev–Trinajstić information content (AvgIpc) is 2.17. The molecule has 0 bridgehead atoms. The maximum absolute atomic E-state index is 12.3. The summed E-state index contributed by atoms with van der Waals surface area (Å²) in [5.41, 5.74) is -3.00. The Bertz CT molecular complexity index is 334. The third kappa shape index (κ3) is 4.46. The lowest BCUT2D eigenvalue weighted by Gasteiger charge is -2.13. The summed E-state index contributed by atoms with van der Waals surface area (Å²) in [5.74, 6) is -2.10. The molecule has 2 N–H and O–H groups in total. The highest BCUT2D eigenvalue weighted by Gasteiger charge is 2.41. The Hall–Kier alpha value is -1.53. The summed E-state index contributed by atoms with van der Waals surface area (Å²) >= 11 is 0. The van der Waals surface area contributed by atoms with Crippen LogP contribution in [0.15, 0.2) is 11.3 Å². The molecule has 0 spiro atoms. The van der Waals surface area contributed by atoms with Crippen LogP contribution in [-0.2, 0) is 9.53 Å². The van der Waals surface area contributed by atoms with Gasteiger partial charge in [-0.05, 0) is 13.3 Å². The Morgan fingerprint density at radius 3 is 2.24 bits per heavy atom. The molecule has 0 aliphatic rings. The number of esters is 1. The zero-order valence-corrected chi connectivity index (χ0v) is 9.52. The molecule has 0 fully saturated rings. The van der Waals surface area contributed by atoms with Gasteiger partial charge in [0.05, 0.1) is 6.61 Å². The van der Waals surface area contributed by atoms with Gasteiger partial charge in [0.25, 0.3) is 0 Å². The van der Waals surface area contributed by atoms with Crippen LogP contribution in [0.4, 0.5) is 13.2 Å². The summed E-state index contributed by atoms with van der Waals surface area (Å²) in [5, 5.41) is 16.2. The number of hydrogen-bond donors (Lipinski definition) is 2. The molecular weight excluding hydrogens is 239 g/mol. The van der Waals surface area contributed by atoms with E-state index in [-0.39, 0.29) is 13.0 Å². The molecule has 0 radical (unpaired) electrons. The smallest absolute Gasteiger partial charge is 0.433 e. The lowest BCUT2D eigenvalue weighted by atomic mass is 10.1. The summed E-state index contributed by atoms with van der Waals surface area (Å²) in [6, 6.07) is 0. The van der Waals surface area contributed by atoms with Gasteiger partial charge in [-0.3, -0.25) is 5.41 Å². The van der Waals surface area contributed by atoms with Gasteiger partial charge in [0.15, 0.2) is 5.71 Å². The molecule has 4 nitrogen and oxygen atoms in total. The fourth-order valence-corrected chi connectivity index (χ4v) is 1.07. The number of rotatable bonds is 5. The molecule has 0 aliphatic carbocycles. The molecule has 0 rings (SSSR count).